The number of halogens is 3. The average molecular weight is 260 g/mol. The number of hydrogen-bond donors (Lipinski definition) is 2. The molecule has 1 amide bonds. The molecule has 6 heteroatoms. The van der Waals surface area contributed by atoms with E-state index in [4.69, 9.17) is 0 Å². The minimum atomic E-state index is -4.45. The Kier molecular flexibility index (Phi) is 4.01. The molecule has 0 heterocycles. The van der Waals surface area contributed by atoms with E-state index in [-0.39, 0.29) is 11.1 Å². The number of hydrogen-bond acceptors (Lipinski definition) is 2. The highest BCUT2D eigenvalue weighted by Crippen LogP contribution is 2.29. The zero-order chi connectivity index (χ0) is 14.0. The van der Waals surface area contributed by atoms with Gasteiger partial charge in [-0.3, -0.25) is 10.2 Å². The van der Waals surface area contributed by atoms with Crippen LogP contribution in [0, 0.1) is 0 Å². The predicted molar refractivity (Wildman–Crippen MR) is 61.8 cm³/mol. The number of rotatable bonds is 2. The topological polar surface area (TPSA) is 41.1 Å². The van der Waals surface area contributed by atoms with E-state index in [2.05, 4.69) is 10.9 Å². The van der Waals surface area contributed by atoms with Crippen LogP contribution in [0.25, 0.3) is 0 Å². The summed E-state index contributed by atoms with van der Waals surface area (Å²) in [7, 11) is 0. The maximum atomic E-state index is 12.5. The molecule has 0 spiro atoms. The molecule has 0 aliphatic heterocycles. The number of alkyl halides is 3. The largest absolute Gasteiger partial charge is 0.416 e. The van der Waals surface area contributed by atoms with E-state index in [0.29, 0.717) is 0 Å². The molecule has 1 rings (SSSR count). The van der Waals surface area contributed by atoms with Gasteiger partial charge in [0, 0.05) is 11.1 Å². The Morgan fingerprint density at radius 1 is 1.17 bits per heavy atom. The third kappa shape index (κ3) is 4.37. The Morgan fingerprint density at radius 3 is 2.28 bits per heavy atom. The minimum Gasteiger partial charge on any atom is -0.287 e. The van der Waals surface area contributed by atoms with Gasteiger partial charge >= 0.3 is 6.18 Å². The number of carbonyl (C=O) groups is 1. The van der Waals surface area contributed by atoms with E-state index in [9.17, 15) is 18.0 Å². The molecule has 0 unspecified atom stereocenters. The van der Waals surface area contributed by atoms with Gasteiger partial charge in [0.15, 0.2) is 0 Å². The lowest BCUT2D eigenvalue weighted by Crippen LogP contribution is -2.48. The Morgan fingerprint density at radius 2 is 1.78 bits per heavy atom. The van der Waals surface area contributed by atoms with Gasteiger partial charge in [0.05, 0.1) is 5.56 Å². The molecule has 1 aromatic carbocycles. The number of hydrazine groups is 1. The van der Waals surface area contributed by atoms with Gasteiger partial charge in [0.2, 0.25) is 0 Å². The molecule has 0 radical (unpaired) electrons. The molecule has 0 atom stereocenters. The average Bonchev–Trinajstić information content (AvgIpc) is 2.24. The quantitative estimate of drug-likeness (QED) is 0.803. The fraction of sp³-hybridized carbons (Fsp3) is 0.417. The smallest absolute Gasteiger partial charge is 0.287 e. The first-order chi connectivity index (χ1) is 8.09. The molecule has 0 aliphatic rings. The van der Waals surface area contributed by atoms with Crippen molar-refractivity contribution < 1.29 is 18.0 Å². The van der Waals surface area contributed by atoms with Crippen molar-refractivity contribution in [2.24, 2.45) is 0 Å². The van der Waals surface area contributed by atoms with Crippen LogP contribution in [0.3, 0.4) is 0 Å². The number of nitrogens with one attached hydrogen (secondary N) is 2. The van der Waals surface area contributed by atoms with E-state index in [1.807, 2.05) is 20.8 Å². The summed E-state index contributed by atoms with van der Waals surface area (Å²) >= 11 is 0. The standard InChI is InChI=1S/C12H15F3N2O/c1-11(2,3)17-16-10(18)8-5-4-6-9(7-8)12(13,14)15/h4-7,17H,1-3H3,(H,16,18). The number of benzene rings is 1. The van der Waals surface area contributed by atoms with Gasteiger partial charge in [-0.15, -0.1) is 0 Å². The highest BCUT2D eigenvalue weighted by Gasteiger charge is 2.30. The van der Waals surface area contributed by atoms with Gasteiger partial charge in [0.1, 0.15) is 0 Å². The number of carbonyl (C=O) groups excluding carboxylic acids is 1. The first-order valence-electron chi connectivity index (χ1n) is 5.34. The fourth-order valence-corrected chi connectivity index (χ4v) is 1.15. The van der Waals surface area contributed by atoms with Crippen LogP contribution in [-0.4, -0.2) is 11.4 Å². The Hall–Kier alpha value is -1.56. The molecule has 18 heavy (non-hydrogen) atoms. The lowest BCUT2D eigenvalue weighted by molar-refractivity contribution is -0.137. The van der Waals surface area contributed by atoms with Gasteiger partial charge in [0.25, 0.3) is 5.91 Å². The van der Waals surface area contributed by atoms with Crippen LogP contribution >= 0.6 is 0 Å². The van der Waals surface area contributed by atoms with E-state index in [0.717, 1.165) is 12.1 Å². The zero-order valence-corrected chi connectivity index (χ0v) is 10.4. The van der Waals surface area contributed by atoms with Crippen LogP contribution in [0.2, 0.25) is 0 Å². The normalized spacial score (nSPS) is 12.3. The predicted octanol–water partition coefficient (Wildman–Crippen LogP) is 2.74. The molecular formula is C12H15F3N2O. The molecule has 0 saturated carbocycles. The van der Waals surface area contributed by atoms with Crippen molar-refractivity contribution in [1.29, 1.82) is 0 Å². The van der Waals surface area contributed by atoms with E-state index in [1.54, 1.807) is 0 Å². The van der Waals surface area contributed by atoms with Crippen molar-refractivity contribution in [2.45, 2.75) is 32.5 Å². The van der Waals surface area contributed by atoms with E-state index < -0.39 is 17.6 Å². The molecule has 100 valence electrons. The van der Waals surface area contributed by atoms with Crippen molar-refractivity contribution in [3.05, 3.63) is 35.4 Å². The summed E-state index contributed by atoms with van der Waals surface area (Å²) in [4.78, 5) is 11.6. The van der Waals surface area contributed by atoms with Crippen molar-refractivity contribution in [1.82, 2.24) is 10.9 Å². The second-order valence-electron chi connectivity index (χ2n) is 4.91. The van der Waals surface area contributed by atoms with Crippen LogP contribution in [0.5, 0.6) is 0 Å². The van der Waals surface area contributed by atoms with Gasteiger partial charge in [-0.1, -0.05) is 6.07 Å². The summed E-state index contributed by atoms with van der Waals surface area (Å²) in [5.74, 6) is -0.601. The zero-order valence-electron chi connectivity index (χ0n) is 10.4. The van der Waals surface area contributed by atoms with Crippen LogP contribution < -0.4 is 10.9 Å². The van der Waals surface area contributed by atoms with E-state index >= 15 is 0 Å². The highest BCUT2D eigenvalue weighted by molar-refractivity contribution is 5.94. The van der Waals surface area contributed by atoms with Gasteiger partial charge in [-0.2, -0.15) is 13.2 Å². The van der Waals surface area contributed by atoms with Crippen molar-refractivity contribution in [2.75, 3.05) is 0 Å². The maximum absolute atomic E-state index is 12.5. The van der Waals surface area contributed by atoms with Crippen molar-refractivity contribution in [3.63, 3.8) is 0 Å². The van der Waals surface area contributed by atoms with Crippen molar-refractivity contribution >= 4 is 5.91 Å². The van der Waals surface area contributed by atoms with Crippen molar-refractivity contribution in [3.8, 4) is 0 Å². The van der Waals surface area contributed by atoms with Crippen LogP contribution in [0.15, 0.2) is 24.3 Å². The molecule has 0 bridgehead atoms. The number of amides is 1. The molecule has 0 saturated heterocycles. The molecule has 3 nitrogen and oxygen atoms in total. The summed E-state index contributed by atoms with van der Waals surface area (Å²) in [6, 6.07) is 4.28. The molecule has 0 fully saturated rings. The second kappa shape index (κ2) is 4.97. The van der Waals surface area contributed by atoms with Gasteiger partial charge in [-0.25, -0.2) is 5.43 Å². The maximum Gasteiger partial charge on any atom is 0.416 e. The molecule has 0 aliphatic carbocycles. The van der Waals surface area contributed by atoms with Crippen LogP contribution in [-0.2, 0) is 6.18 Å². The lowest BCUT2D eigenvalue weighted by Gasteiger charge is -2.21. The molecule has 1 aromatic rings. The first kappa shape index (κ1) is 14.5. The third-order valence-electron chi connectivity index (χ3n) is 2.00. The monoisotopic (exact) mass is 260 g/mol. The minimum absolute atomic E-state index is 0.0402. The first-order valence-corrected chi connectivity index (χ1v) is 5.34. The summed E-state index contributed by atoms with van der Waals surface area (Å²) in [6.07, 6.45) is -4.45. The SMILES string of the molecule is CC(C)(C)NNC(=O)c1cccc(C(F)(F)F)c1. The third-order valence-corrected chi connectivity index (χ3v) is 2.00. The lowest BCUT2D eigenvalue weighted by atomic mass is 10.1. The molecule has 2 N–H and O–H groups in total. The highest BCUT2D eigenvalue weighted by atomic mass is 19.4. The Balaban J connectivity index is 2.81. The van der Waals surface area contributed by atoms with Gasteiger partial charge < -0.3 is 0 Å². The Labute approximate surface area is 103 Å². The van der Waals surface area contributed by atoms with Crippen LogP contribution in [0.4, 0.5) is 13.2 Å². The summed E-state index contributed by atoms with van der Waals surface area (Å²) in [5, 5.41) is 0. The second-order valence-corrected chi connectivity index (χ2v) is 4.91. The van der Waals surface area contributed by atoms with Gasteiger partial charge in [-0.05, 0) is 39.0 Å². The summed E-state index contributed by atoms with van der Waals surface area (Å²) in [5.41, 5.74) is 3.81. The van der Waals surface area contributed by atoms with E-state index in [1.165, 1.54) is 12.1 Å². The molecular weight excluding hydrogens is 245 g/mol. The summed E-state index contributed by atoms with van der Waals surface area (Å²) in [6.45, 7) is 5.46. The molecule has 0 aromatic heterocycles. The Bertz CT molecular complexity index is 436. The fourth-order valence-electron chi connectivity index (χ4n) is 1.15. The summed E-state index contributed by atoms with van der Waals surface area (Å²) < 4.78 is 37.4. The van der Waals surface area contributed by atoms with Crippen LogP contribution in [0.1, 0.15) is 36.7 Å².